The molecule has 0 N–H and O–H groups in total. The second-order valence-corrected chi connectivity index (χ2v) is 5.68. The standard InChI is InChI=1S/C9H10ClN3O2S/c1-7(2-10)6-16(14,15)9-5-12-8(3-11)4-13-9/h4-5,7H,2,6H2,1H3. The summed E-state index contributed by atoms with van der Waals surface area (Å²) in [6.45, 7) is 1.74. The molecular formula is C9H10ClN3O2S. The predicted octanol–water partition coefficient (Wildman–Crippen LogP) is 0.997. The number of aromatic nitrogens is 2. The molecule has 0 aromatic carbocycles. The van der Waals surface area contributed by atoms with Crippen LogP contribution in [0.2, 0.25) is 0 Å². The van der Waals surface area contributed by atoms with E-state index in [1.165, 1.54) is 0 Å². The second-order valence-electron chi connectivity index (χ2n) is 3.39. The Bertz CT molecular complexity index is 492. The lowest BCUT2D eigenvalue weighted by molar-refractivity contribution is 0.578. The van der Waals surface area contributed by atoms with Gasteiger partial charge in [-0.3, -0.25) is 0 Å². The van der Waals surface area contributed by atoms with Gasteiger partial charge >= 0.3 is 0 Å². The summed E-state index contributed by atoms with van der Waals surface area (Å²) in [5.74, 6) is 0.0455. The van der Waals surface area contributed by atoms with Gasteiger partial charge in [0.1, 0.15) is 6.07 Å². The van der Waals surface area contributed by atoms with E-state index in [1.807, 2.05) is 0 Å². The van der Waals surface area contributed by atoms with Crippen LogP contribution >= 0.6 is 11.6 Å². The Morgan fingerprint density at radius 3 is 2.62 bits per heavy atom. The summed E-state index contributed by atoms with van der Waals surface area (Å²) in [7, 11) is -3.46. The molecule has 0 saturated heterocycles. The van der Waals surface area contributed by atoms with Crippen molar-refractivity contribution in [3.8, 4) is 6.07 Å². The van der Waals surface area contributed by atoms with Crippen LogP contribution in [0.25, 0.3) is 0 Å². The minimum atomic E-state index is -3.46. The fourth-order valence-corrected chi connectivity index (χ4v) is 2.74. The van der Waals surface area contributed by atoms with E-state index in [0.29, 0.717) is 0 Å². The van der Waals surface area contributed by atoms with Crippen LogP contribution in [0.3, 0.4) is 0 Å². The zero-order chi connectivity index (χ0) is 12.2. The van der Waals surface area contributed by atoms with Crippen LogP contribution in [0.4, 0.5) is 0 Å². The van der Waals surface area contributed by atoms with Crippen molar-refractivity contribution in [1.82, 2.24) is 9.97 Å². The minimum absolute atomic E-state index is 0.0723. The highest BCUT2D eigenvalue weighted by Gasteiger charge is 2.19. The number of rotatable bonds is 4. The maximum Gasteiger partial charge on any atom is 0.197 e. The highest BCUT2D eigenvalue weighted by molar-refractivity contribution is 7.91. The third kappa shape index (κ3) is 3.15. The second kappa shape index (κ2) is 5.23. The predicted molar refractivity (Wildman–Crippen MR) is 58.7 cm³/mol. The number of halogens is 1. The molecule has 0 fully saturated rings. The molecule has 0 amide bonds. The Balaban J connectivity index is 2.95. The average molecular weight is 260 g/mol. The molecule has 1 atom stereocenters. The summed E-state index contributed by atoms with van der Waals surface area (Å²) in [5, 5.41) is 8.37. The van der Waals surface area contributed by atoms with Crippen molar-refractivity contribution >= 4 is 21.4 Å². The maximum atomic E-state index is 11.8. The highest BCUT2D eigenvalue weighted by atomic mass is 35.5. The van der Waals surface area contributed by atoms with Gasteiger partial charge in [-0.05, 0) is 5.92 Å². The van der Waals surface area contributed by atoms with Crippen molar-refractivity contribution < 1.29 is 8.42 Å². The number of hydrogen-bond donors (Lipinski definition) is 0. The topological polar surface area (TPSA) is 83.7 Å². The third-order valence-corrected chi connectivity index (χ3v) is 4.21. The Kier molecular flexibility index (Phi) is 4.21. The first-order valence-electron chi connectivity index (χ1n) is 4.50. The molecular weight excluding hydrogens is 250 g/mol. The average Bonchev–Trinajstić information content (AvgIpc) is 2.28. The van der Waals surface area contributed by atoms with E-state index < -0.39 is 9.84 Å². The molecule has 1 aromatic rings. The van der Waals surface area contributed by atoms with E-state index in [-0.39, 0.29) is 28.3 Å². The molecule has 0 bridgehead atoms. The number of nitrogens with zero attached hydrogens (tertiary/aromatic N) is 3. The van der Waals surface area contributed by atoms with Gasteiger partial charge in [-0.25, -0.2) is 18.4 Å². The van der Waals surface area contributed by atoms with Gasteiger partial charge in [-0.15, -0.1) is 11.6 Å². The molecule has 16 heavy (non-hydrogen) atoms. The highest BCUT2D eigenvalue weighted by Crippen LogP contribution is 2.11. The van der Waals surface area contributed by atoms with Crippen molar-refractivity contribution in [3.05, 3.63) is 18.1 Å². The van der Waals surface area contributed by atoms with Crippen molar-refractivity contribution in [2.45, 2.75) is 11.9 Å². The van der Waals surface area contributed by atoms with Crippen LogP contribution in [-0.4, -0.2) is 30.0 Å². The number of hydrogen-bond acceptors (Lipinski definition) is 5. The summed E-state index contributed by atoms with van der Waals surface area (Å²) in [6.07, 6.45) is 2.23. The maximum absolute atomic E-state index is 11.8. The zero-order valence-electron chi connectivity index (χ0n) is 8.59. The fourth-order valence-electron chi connectivity index (χ4n) is 1.04. The van der Waals surface area contributed by atoms with E-state index >= 15 is 0 Å². The Hall–Kier alpha value is -1.19. The van der Waals surface area contributed by atoms with E-state index in [1.54, 1.807) is 13.0 Å². The first-order chi connectivity index (χ1) is 7.49. The zero-order valence-corrected chi connectivity index (χ0v) is 10.2. The van der Waals surface area contributed by atoms with Crippen LogP contribution in [-0.2, 0) is 9.84 Å². The molecule has 0 saturated carbocycles. The van der Waals surface area contributed by atoms with Gasteiger partial charge in [0.15, 0.2) is 20.6 Å². The van der Waals surface area contributed by atoms with Crippen molar-refractivity contribution in [1.29, 1.82) is 5.26 Å². The van der Waals surface area contributed by atoms with Crippen LogP contribution in [0, 0.1) is 17.2 Å². The lowest BCUT2D eigenvalue weighted by Gasteiger charge is -2.07. The molecule has 0 spiro atoms. The fraction of sp³-hybridized carbons (Fsp3) is 0.444. The first kappa shape index (κ1) is 12.9. The quantitative estimate of drug-likeness (QED) is 0.753. The van der Waals surface area contributed by atoms with Gasteiger partial charge in [0.25, 0.3) is 0 Å². The van der Waals surface area contributed by atoms with E-state index in [9.17, 15) is 8.42 Å². The van der Waals surface area contributed by atoms with Gasteiger partial charge in [-0.2, -0.15) is 5.26 Å². The number of sulfone groups is 1. The van der Waals surface area contributed by atoms with Crippen molar-refractivity contribution in [3.63, 3.8) is 0 Å². The Morgan fingerprint density at radius 1 is 1.50 bits per heavy atom. The largest absolute Gasteiger partial charge is 0.241 e. The summed E-state index contributed by atoms with van der Waals surface area (Å²) >= 11 is 5.55. The van der Waals surface area contributed by atoms with Crippen LogP contribution in [0.1, 0.15) is 12.6 Å². The smallest absolute Gasteiger partial charge is 0.197 e. The Labute approximate surface area is 99.0 Å². The summed E-state index contributed by atoms with van der Waals surface area (Å²) in [4.78, 5) is 7.35. The van der Waals surface area contributed by atoms with Crippen molar-refractivity contribution in [2.24, 2.45) is 5.92 Å². The van der Waals surface area contributed by atoms with E-state index in [0.717, 1.165) is 12.4 Å². The molecule has 1 unspecified atom stereocenters. The first-order valence-corrected chi connectivity index (χ1v) is 6.69. The van der Waals surface area contributed by atoms with Gasteiger partial charge < -0.3 is 0 Å². The normalized spacial score (nSPS) is 13.1. The lowest BCUT2D eigenvalue weighted by atomic mass is 10.3. The minimum Gasteiger partial charge on any atom is -0.241 e. The van der Waals surface area contributed by atoms with Gasteiger partial charge in [-0.1, -0.05) is 6.92 Å². The monoisotopic (exact) mass is 259 g/mol. The van der Waals surface area contributed by atoms with E-state index in [2.05, 4.69) is 9.97 Å². The van der Waals surface area contributed by atoms with Gasteiger partial charge in [0.2, 0.25) is 0 Å². The van der Waals surface area contributed by atoms with E-state index in [4.69, 9.17) is 16.9 Å². The molecule has 5 nitrogen and oxygen atoms in total. The summed E-state index contributed by atoms with van der Waals surface area (Å²) < 4.78 is 23.5. The molecule has 0 aliphatic heterocycles. The molecule has 0 radical (unpaired) electrons. The Morgan fingerprint density at radius 2 is 2.19 bits per heavy atom. The van der Waals surface area contributed by atoms with Crippen LogP contribution in [0.15, 0.2) is 17.4 Å². The molecule has 86 valence electrons. The molecule has 1 aromatic heterocycles. The molecule has 1 heterocycles. The van der Waals surface area contributed by atoms with Crippen molar-refractivity contribution in [2.75, 3.05) is 11.6 Å². The van der Waals surface area contributed by atoms with Crippen LogP contribution < -0.4 is 0 Å². The lowest BCUT2D eigenvalue weighted by Crippen LogP contribution is -2.16. The molecule has 7 heteroatoms. The van der Waals surface area contributed by atoms with Crippen LogP contribution in [0.5, 0.6) is 0 Å². The molecule has 1 rings (SSSR count). The van der Waals surface area contributed by atoms with Gasteiger partial charge in [0.05, 0.1) is 18.1 Å². The summed E-state index contributed by atoms with van der Waals surface area (Å²) in [5.41, 5.74) is 0.0874. The molecule has 0 aliphatic carbocycles. The summed E-state index contributed by atoms with van der Waals surface area (Å²) in [6, 6.07) is 1.77. The SMILES string of the molecule is CC(CCl)CS(=O)(=O)c1cnc(C#N)cn1. The number of nitriles is 1. The van der Waals surface area contributed by atoms with Gasteiger partial charge in [0, 0.05) is 5.88 Å². The number of alkyl halides is 1. The molecule has 0 aliphatic rings. The third-order valence-electron chi connectivity index (χ3n) is 1.83.